The molecule has 6 nitrogen and oxygen atoms in total. The lowest BCUT2D eigenvalue weighted by Crippen LogP contribution is -2.37. The minimum Gasteiger partial charge on any atom is -0.381 e. The molecule has 27 heavy (non-hydrogen) atoms. The summed E-state index contributed by atoms with van der Waals surface area (Å²) in [5.41, 5.74) is 1.46. The van der Waals surface area contributed by atoms with Crippen molar-refractivity contribution < 1.29 is 13.9 Å². The van der Waals surface area contributed by atoms with Crippen LogP contribution in [-0.2, 0) is 16.0 Å². The van der Waals surface area contributed by atoms with Crippen molar-refractivity contribution in [1.82, 2.24) is 10.6 Å². The zero-order chi connectivity index (χ0) is 19.5. The Morgan fingerprint density at radius 3 is 2.74 bits per heavy atom. The molecule has 1 aromatic rings. The second-order valence-electron chi connectivity index (χ2n) is 7.02. The van der Waals surface area contributed by atoms with Gasteiger partial charge in [0.2, 0.25) is 0 Å². The SMILES string of the molecule is CN=C(NCCCOCC1CCOCC1)NCc1ccc(N(C)C)c(F)c1. The van der Waals surface area contributed by atoms with E-state index in [1.165, 1.54) is 0 Å². The molecule has 0 radical (unpaired) electrons. The lowest BCUT2D eigenvalue weighted by Gasteiger charge is -2.21. The first kappa shape index (κ1) is 21.4. The molecule has 7 heteroatoms. The highest BCUT2D eigenvalue weighted by Gasteiger charge is 2.13. The molecular weight excluding hydrogens is 347 g/mol. The molecule has 1 heterocycles. The molecule has 1 aliphatic heterocycles. The van der Waals surface area contributed by atoms with E-state index >= 15 is 0 Å². The van der Waals surface area contributed by atoms with Crippen LogP contribution in [0.4, 0.5) is 10.1 Å². The van der Waals surface area contributed by atoms with E-state index in [0.29, 0.717) is 24.1 Å². The van der Waals surface area contributed by atoms with Gasteiger partial charge in [-0.1, -0.05) is 6.07 Å². The highest BCUT2D eigenvalue weighted by atomic mass is 19.1. The molecule has 1 aromatic carbocycles. The summed E-state index contributed by atoms with van der Waals surface area (Å²) in [6.45, 7) is 4.58. The Bertz CT molecular complexity index is 589. The predicted octanol–water partition coefficient (Wildman–Crippen LogP) is 2.39. The van der Waals surface area contributed by atoms with Crippen molar-refractivity contribution in [1.29, 1.82) is 0 Å². The third-order valence-corrected chi connectivity index (χ3v) is 4.63. The van der Waals surface area contributed by atoms with Crippen LogP contribution in [-0.4, -0.2) is 60.1 Å². The molecule has 0 aliphatic carbocycles. The van der Waals surface area contributed by atoms with Crippen LogP contribution in [0, 0.1) is 11.7 Å². The third-order valence-electron chi connectivity index (χ3n) is 4.63. The van der Waals surface area contributed by atoms with E-state index in [1.807, 2.05) is 20.2 Å². The van der Waals surface area contributed by atoms with Gasteiger partial charge in [0.15, 0.2) is 5.96 Å². The van der Waals surface area contributed by atoms with Crippen LogP contribution in [0.1, 0.15) is 24.8 Å². The minimum absolute atomic E-state index is 0.219. The van der Waals surface area contributed by atoms with Crippen molar-refractivity contribution in [2.45, 2.75) is 25.8 Å². The number of hydrogen-bond acceptors (Lipinski definition) is 4. The van der Waals surface area contributed by atoms with Crippen molar-refractivity contribution >= 4 is 11.6 Å². The molecule has 0 unspecified atom stereocenters. The van der Waals surface area contributed by atoms with Gasteiger partial charge in [-0.2, -0.15) is 0 Å². The lowest BCUT2D eigenvalue weighted by molar-refractivity contribution is 0.0203. The molecule has 0 saturated carbocycles. The Hall–Kier alpha value is -1.86. The second-order valence-corrected chi connectivity index (χ2v) is 7.02. The number of aliphatic imine (C=N–C) groups is 1. The van der Waals surface area contributed by atoms with Gasteiger partial charge in [-0.15, -0.1) is 0 Å². The summed E-state index contributed by atoms with van der Waals surface area (Å²) in [6, 6.07) is 5.26. The minimum atomic E-state index is -0.219. The van der Waals surface area contributed by atoms with Gasteiger partial charge in [-0.3, -0.25) is 4.99 Å². The fourth-order valence-electron chi connectivity index (χ4n) is 2.97. The average Bonchev–Trinajstić information content (AvgIpc) is 2.67. The van der Waals surface area contributed by atoms with Crippen molar-refractivity contribution in [2.75, 3.05) is 59.0 Å². The summed E-state index contributed by atoms with van der Waals surface area (Å²) < 4.78 is 25.1. The number of guanidine groups is 1. The fourth-order valence-corrected chi connectivity index (χ4v) is 2.97. The summed E-state index contributed by atoms with van der Waals surface area (Å²) in [5, 5.41) is 6.47. The quantitative estimate of drug-likeness (QED) is 0.391. The number of nitrogens with one attached hydrogen (secondary N) is 2. The van der Waals surface area contributed by atoms with E-state index in [4.69, 9.17) is 9.47 Å². The maximum atomic E-state index is 14.0. The van der Waals surface area contributed by atoms with Gasteiger partial charge >= 0.3 is 0 Å². The standard InChI is InChI=1S/C20H33FN4O2/c1-22-20(23-9-4-10-27-15-16-7-11-26-12-8-16)24-14-17-5-6-19(25(2)3)18(21)13-17/h5-6,13,16H,4,7-12,14-15H2,1-3H3,(H2,22,23,24). The Balaban J connectivity index is 1.60. The molecule has 152 valence electrons. The third kappa shape index (κ3) is 7.72. The Labute approximate surface area is 162 Å². The van der Waals surface area contributed by atoms with Gasteiger partial charge in [0, 0.05) is 60.7 Å². The molecule has 2 N–H and O–H groups in total. The summed E-state index contributed by atoms with van der Waals surface area (Å²) in [6.07, 6.45) is 3.12. The van der Waals surface area contributed by atoms with Crippen LogP contribution >= 0.6 is 0 Å². The van der Waals surface area contributed by atoms with Crippen LogP contribution in [0.5, 0.6) is 0 Å². The van der Waals surface area contributed by atoms with E-state index in [9.17, 15) is 4.39 Å². The molecule has 2 rings (SSSR count). The molecule has 0 atom stereocenters. The van der Waals surface area contributed by atoms with Crippen molar-refractivity contribution in [3.05, 3.63) is 29.6 Å². The number of benzene rings is 1. The summed E-state index contributed by atoms with van der Waals surface area (Å²) in [4.78, 5) is 5.96. The van der Waals surface area contributed by atoms with Gasteiger partial charge in [0.1, 0.15) is 5.82 Å². The maximum absolute atomic E-state index is 14.0. The molecule has 0 amide bonds. The second kappa shape index (κ2) is 11.8. The van der Waals surface area contributed by atoms with Crippen LogP contribution in [0.15, 0.2) is 23.2 Å². The normalized spacial score (nSPS) is 15.6. The van der Waals surface area contributed by atoms with E-state index in [0.717, 1.165) is 57.8 Å². The van der Waals surface area contributed by atoms with Crippen LogP contribution < -0.4 is 15.5 Å². The Kier molecular flexibility index (Phi) is 9.35. The Morgan fingerprint density at radius 1 is 1.30 bits per heavy atom. The molecule has 1 fully saturated rings. The molecule has 0 spiro atoms. The molecule has 1 aliphatic rings. The van der Waals surface area contributed by atoms with Crippen LogP contribution in [0.3, 0.4) is 0 Å². The van der Waals surface area contributed by atoms with E-state index in [2.05, 4.69) is 15.6 Å². The predicted molar refractivity (Wildman–Crippen MR) is 108 cm³/mol. The first-order valence-electron chi connectivity index (χ1n) is 9.66. The maximum Gasteiger partial charge on any atom is 0.191 e. The first-order valence-corrected chi connectivity index (χ1v) is 9.66. The van der Waals surface area contributed by atoms with Gasteiger partial charge in [0.25, 0.3) is 0 Å². The lowest BCUT2D eigenvalue weighted by atomic mass is 10.0. The number of anilines is 1. The number of rotatable bonds is 9. The number of ether oxygens (including phenoxy) is 2. The van der Waals surface area contributed by atoms with Crippen LogP contribution in [0.25, 0.3) is 0 Å². The molecular formula is C20H33FN4O2. The van der Waals surface area contributed by atoms with Crippen molar-refractivity contribution in [3.8, 4) is 0 Å². The average molecular weight is 381 g/mol. The summed E-state index contributed by atoms with van der Waals surface area (Å²) in [7, 11) is 5.39. The summed E-state index contributed by atoms with van der Waals surface area (Å²) in [5.74, 6) is 1.13. The highest BCUT2D eigenvalue weighted by Crippen LogP contribution is 2.18. The molecule has 0 bridgehead atoms. The topological polar surface area (TPSA) is 58.1 Å². The van der Waals surface area contributed by atoms with Gasteiger partial charge in [-0.25, -0.2) is 4.39 Å². The first-order chi connectivity index (χ1) is 13.1. The van der Waals surface area contributed by atoms with Gasteiger partial charge in [-0.05, 0) is 42.9 Å². The zero-order valence-electron chi connectivity index (χ0n) is 16.8. The zero-order valence-corrected chi connectivity index (χ0v) is 16.8. The smallest absolute Gasteiger partial charge is 0.191 e. The molecule has 1 saturated heterocycles. The summed E-state index contributed by atoms with van der Waals surface area (Å²) >= 11 is 0. The number of halogens is 1. The van der Waals surface area contributed by atoms with Gasteiger partial charge in [0.05, 0.1) is 5.69 Å². The number of hydrogen-bond donors (Lipinski definition) is 2. The van der Waals surface area contributed by atoms with Crippen molar-refractivity contribution in [3.63, 3.8) is 0 Å². The van der Waals surface area contributed by atoms with E-state index in [-0.39, 0.29) is 5.82 Å². The highest BCUT2D eigenvalue weighted by molar-refractivity contribution is 5.79. The monoisotopic (exact) mass is 380 g/mol. The largest absolute Gasteiger partial charge is 0.381 e. The van der Waals surface area contributed by atoms with E-state index < -0.39 is 0 Å². The molecule has 0 aromatic heterocycles. The van der Waals surface area contributed by atoms with Crippen LogP contribution in [0.2, 0.25) is 0 Å². The van der Waals surface area contributed by atoms with Crippen molar-refractivity contribution in [2.24, 2.45) is 10.9 Å². The Morgan fingerprint density at radius 2 is 2.07 bits per heavy atom. The van der Waals surface area contributed by atoms with E-state index in [1.54, 1.807) is 24.1 Å². The fraction of sp³-hybridized carbons (Fsp3) is 0.650. The van der Waals surface area contributed by atoms with Gasteiger partial charge < -0.3 is 25.0 Å². The number of nitrogens with zero attached hydrogens (tertiary/aromatic N) is 2.